The fourth-order valence-corrected chi connectivity index (χ4v) is 2.38. The first-order chi connectivity index (χ1) is 9.71. The third-order valence-corrected chi connectivity index (χ3v) is 3.56. The second-order valence-electron chi connectivity index (χ2n) is 4.91. The summed E-state index contributed by atoms with van der Waals surface area (Å²) < 4.78 is 5.41. The molecule has 20 heavy (non-hydrogen) atoms. The van der Waals surface area contributed by atoms with Crippen molar-refractivity contribution in [3.05, 3.63) is 5.28 Å². The third kappa shape index (κ3) is 4.45. The van der Waals surface area contributed by atoms with Crippen molar-refractivity contribution in [1.29, 1.82) is 0 Å². The molecule has 1 aliphatic heterocycles. The van der Waals surface area contributed by atoms with Crippen LogP contribution in [-0.2, 0) is 0 Å². The molecule has 112 valence electrons. The van der Waals surface area contributed by atoms with Crippen molar-refractivity contribution in [2.45, 2.75) is 39.2 Å². The number of nitrogens with zero attached hydrogens (tertiary/aromatic N) is 4. The quantitative estimate of drug-likeness (QED) is 0.869. The monoisotopic (exact) mass is 299 g/mol. The van der Waals surface area contributed by atoms with Gasteiger partial charge in [0, 0.05) is 19.1 Å². The first-order valence-corrected chi connectivity index (χ1v) is 7.62. The van der Waals surface area contributed by atoms with E-state index in [4.69, 9.17) is 16.3 Å². The van der Waals surface area contributed by atoms with Gasteiger partial charge in [0.1, 0.15) is 0 Å². The number of hydrogen-bond donors (Lipinski definition) is 1. The van der Waals surface area contributed by atoms with E-state index < -0.39 is 0 Å². The first-order valence-electron chi connectivity index (χ1n) is 7.24. The number of ether oxygens (including phenoxy) is 1. The Kier molecular flexibility index (Phi) is 5.79. The average molecular weight is 300 g/mol. The highest BCUT2D eigenvalue weighted by molar-refractivity contribution is 6.28. The van der Waals surface area contributed by atoms with Gasteiger partial charge >= 0.3 is 6.01 Å². The van der Waals surface area contributed by atoms with Crippen LogP contribution in [0, 0.1) is 0 Å². The zero-order valence-electron chi connectivity index (χ0n) is 12.1. The first kappa shape index (κ1) is 15.3. The molecule has 0 radical (unpaired) electrons. The average Bonchev–Trinajstić information content (AvgIpc) is 2.45. The summed E-state index contributed by atoms with van der Waals surface area (Å²) in [6, 6.07) is 0.677. The smallest absolute Gasteiger partial charge is 0.322 e. The van der Waals surface area contributed by atoms with Gasteiger partial charge in [-0.1, -0.05) is 13.8 Å². The zero-order valence-corrected chi connectivity index (χ0v) is 12.9. The van der Waals surface area contributed by atoms with E-state index in [0.717, 1.165) is 38.9 Å². The van der Waals surface area contributed by atoms with Crippen molar-refractivity contribution >= 4 is 17.5 Å². The number of piperidine rings is 1. The topological polar surface area (TPSA) is 63.2 Å². The van der Waals surface area contributed by atoms with E-state index in [2.05, 4.69) is 32.1 Å². The molecular formula is C13H22ClN5O. The fraction of sp³-hybridized carbons (Fsp3) is 0.769. The fourth-order valence-electron chi connectivity index (χ4n) is 2.23. The number of anilines is 1. The molecule has 1 aromatic rings. The zero-order chi connectivity index (χ0) is 14.4. The lowest BCUT2D eigenvalue weighted by Crippen LogP contribution is -2.39. The maximum atomic E-state index is 5.90. The third-order valence-electron chi connectivity index (χ3n) is 3.39. The molecule has 0 unspecified atom stereocenters. The maximum Gasteiger partial charge on any atom is 0.322 e. The number of nitrogens with one attached hydrogen (secondary N) is 1. The SMILES string of the molecule is CCCOc1nc(Cl)nc(NC2CCN(CC)CC2)n1. The highest BCUT2D eigenvalue weighted by Crippen LogP contribution is 2.17. The van der Waals surface area contributed by atoms with E-state index in [-0.39, 0.29) is 5.28 Å². The van der Waals surface area contributed by atoms with E-state index >= 15 is 0 Å². The minimum atomic E-state index is 0.166. The van der Waals surface area contributed by atoms with Crippen LogP contribution in [0.2, 0.25) is 5.28 Å². The normalized spacial score (nSPS) is 17.1. The van der Waals surface area contributed by atoms with Gasteiger partial charge in [-0.25, -0.2) is 0 Å². The Morgan fingerprint density at radius 2 is 2.00 bits per heavy atom. The van der Waals surface area contributed by atoms with Gasteiger partial charge in [0.2, 0.25) is 11.2 Å². The van der Waals surface area contributed by atoms with Crippen molar-refractivity contribution in [3.63, 3.8) is 0 Å². The van der Waals surface area contributed by atoms with E-state index in [1.807, 2.05) is 6.92 Å². The lowest BCUT2D eigenvalue weighted by Gasteiger charge is -2.31. The van der Waals surface area contributed by atoms with Gasteiger partial charge in [-0.15, -0.1) is 0 Å². The van der Waals surface area contributed by atoms with E-state index in [1.165, 1.54) is 0 Å². The molecule has 0 saturated carbocycles. The molecule has 2 rings (SSSR count). The Morgan fingerprint density at radius 3 is 2.65 bits per heavy atom. The van der Waals surface area contributed by atoms with Crippen LogP contribution in [-0.4, -0.2) is 52.1 Å². The van der Waals surface area contributed by atoms with Crippen LogP contribution in [0.1, 0.15) is 33.1 Å². The Labute approximate surface area is 124 Å². The summed E-state index contributed by atoms with van der Waals surface area (Å²) >= 11 is 5.90. The number of rotatable bonds is 6. The second kappa shape index (κ2) is 7.59. The molecule has 1 aliphatic rings. The van der Waals surface area contributed by atoms with Crippen molar-refractivity contribution < 1.29 is 4.74 Å². The Hall–Kier alpha value is -1.14. The molecule has 1 N–H and O–H groups in total. The van der Waals surface area contributed by atoms with Gasteiger partial charge in [0.05, 0.1) is 6.61 Å². The van der Waals surface area contributed by atoms with Crippen molar-refractivity contribution in [2.24, 2.45) is 0 Å². The molecule has 1 fully saturated rings. The van der Waals surface area contributed by atoms with E-state index in [1.54, 1.807) is 0 Å². The van der Waals surface area contributed by atoms with Gasteiger partial charge in [-0.3, -0.25) is 0 Å². The second-order valence-corrected chi connectivity index (χ2v) is 5.25. The number of likely N-dealkylation sites (tertiary alicyclic amines) is 1. The standard InChI is InChI=1S/C13H22ClN5O/c1-3-9-20-13-17-11(14)16-12(18-13)15-10-5-7-19(4-2)8-6-10/h10H,3-9H2,1-2H3,(H,15,16,17,18). The van der Waals surface area contributed by atoms with Crippen LogP contribution in [0.15, 0.2) is 0 Å². The molecule has 1 saturated heterocycles. The van der Waals surface area contributed by atoms with E-state index in [9.17, 15) is 0 Å². The predicted molar refractivity (Wildman–Crippen MR) is 79.4 cm³/mol. The summed E-state index contributed by atoms with van der Waals surface area (Å²) in [5, 5.41) is 3.50. The molecule has 7 heteroatoms. The molecule has 6 nitrogen and oxygen atoms in total. The molecule has 2 heterocycles. The highest BCUT2D eigenvalue weighted by atomic mass is 35.5. The van der Waals surface area contributed by atoms with Gasteiger partial charge in [-0.05, 0) is 37.4 Å². The van der Waals surface area contributed by atoms with Crippen molar-refractivity contribution in [2.75, 3.05) is 31.6 Å². The highest BCUT2D eigenvalue weighted by Gasteiger charge is 2.19. The van der Waals surface area contributed by atoms with Crippen molar-refractivity contribution in [1.82, 2.24) is 19.9 Å². The van der Waals surface area contributed by atoms with Crippen LogP contribution in [0.25, 0.3) is 0 Å². The molecule has 0 spiro atoms. The number of aromatic nitrogens is 3. The Balaban J connectivity index is 1.93. The lowest BCUT2D eigenvalue weighted by molar-refractivity contribution is 0.229. The summed E-state index contributed by atoms with van der Waals surface area (Å²) in [5.74, 6) is 0.506. The minimum Gasteiger partial charge on any atom is -0.463 e. The van der Waals surface area contributed by atoms with Gasteiger partial charge < -0.3 is 15.0 Å². The molecule has 0 amide bonds. The summed E-state index contributed by atoms with van der Waals surface area (Å²) in [6.07, 6.45) is 3.08. The number of halogens is 1. The molecule has 1 aromatic heterocycles. The largest absolute Gasteiger partial charge is 0.463 e. The molecule has 0 aliphatic carbocycles. The van der Waals surface area contributed by atoms with Crippen LogP contribution < -0.4 is 10.1 Å². The summed E-state index contributed by atoms with van der Waals surface area (Å²) in [6.45, 7) is 8.12. The van der Waals surface area contributed by atoms with Crippen LogP contribution in [0.4, 0.5) is 5.95 Å². The summed E-state index contributed by atoms with van der Waals surface area (Å²) in [5.41, 5.74) is 0. The van der Waals surface area contributed by atoms with Crippen LogP contribution in [0.5, 0.6) is 6.01 Å². The maximum absolute atomic E-state index is 5.90. The predicted octanol–water partition coefficient (Wildman–Crippen LogP) is 2.21. The molecular weight excluding hydrogens is 278 g/mol. The molecule has 0 aromatic carbocycles. The number of hydrogen-bond acceptors (Lipinski definition) is 6. The summed E-state index contributed by atoms with van der Waals surface area (Å²) in [7, 11) is 0. The Morgan fingerprint density at radius 1 is 1.25 bits per heavy atom. The Bertz CT molecular complexity index is 423. The minimum absolute atomic E-state index is 0.166. The van der Waals surface area contributed by atoms with Crippen LogP contribution in [0.3, 0.4) is 0 Å². The van der Waals surface area contributed by atoms with Gasteiger partial charge in [0.15, 0.2) is 0 Å². The van der Waals surface area contributed by atoms with Crippen molar-refractivity contribution in [3.8, 4) is 6.01 Å². The van der Waals surface area contributed by atoms with E-state index in [0.29, 0.717) is 24.6 Å². The van der Waals surface area contributed by atoms with Gasteiger partial charge in [0.25, 0.3) is 0 Å². The lowest BCUT2D eigenvalue weighted by atomic mass is 10.1. The van der Waals surface area contributed by atoms with Gasteiger partial charge in [-0.2, -0.15) is 15.0 Å². The molecule has 0 atom stereocenters. The molecule has 0 bridgehead atoms. The summed E-state index contributed by atoms with van der Waals surface area (Å²) in [4.78, 5) is 14.8. The van der Waals surface area contributed by atoms with Crippen LogP contribution >= 0.6 is 11.6 Å².